The van der Waals surface area contributed by atoms with Crippen LogP contribution in [0.25, 0.3) is 0 Å². The number of benzene rings is 1. The molecule has 1 fully saturated rings. The van der Waals surface area contributed by atoms with E-state index in [9.17, 15) is 4.79 Å². The standard InChI is InChI=1S/C17H27N3O/c1-13-7-6-10-17(18,11-13)16(21)19-15-9-5-4-8-14(15)12-20(2)3/h4-5,8-9,13H,6-7,10-12,18H2,1-3H3,(H,19,21). The lowest BCUT2D eigenvalue weighted by molar-refractivity contribution is -0.122. The molecule has 0 aliphatic heterocycles. The maximum absolute atomic E-state index is 12.6. The van der Waals surface area contributed by atoms with Crippen LogP contribution in [0.5, 0.6) is 0 Å². The third kappa shape index (κ3) is 4.05. The van der Waals surface area contributed by atoms with Gasteiger partial charge in [0.25, 0.3) is 0 Å². The normalized spacial score (nSPS) is 25.9. The molecule has 2 atom stereocenters. The molecule has 1 aromatic carbocycles. The minimum absolute atomic E-state index is 0.0414. The van der Waals surface area contributed by atoms with Crippen molar-refractivity contribution in [2.45, 2.75) is 44.7 Å². The number of carbonyl (C=O) groups is 1. The van der Waals surface area contributed by atoms with Crippen LogP contribution in [0.15, 0.2) is 24.3 Å². The van der Waals surface area contributed by atoms with Crippen LogP contribution in [-0.4, -0.2) is 30.4 Å². The van der Waals surface area contributed by atoms with Gasteiger partial charge in [-0.15, -0.1) is 0 Å². The fourth-order valence-electron chi connectivity index (χ4n) is 3.17. The van der Waals surface area contributed by atoms with Gasteiger partial charge in [0.05, 0.1) is 5.54 Å². The number of carbonyl (C=O) groups excluding carboxylic acids is 1. The lowest BCUT2D eigenvalue weighted by atomic mass is 9.76. The van der Waals surface area contributed by atoms with E-state index in [0.717, 1.165) is 37.1 Å². The largest absolute Gasteiger partial charge is 0.324 e. The van der Waals surface area contributed by atoms with Crippen molar-refractivity contribution in [3.63, 3.8) is 0 Å². The maximum Gasteiger partial charge on any atom is 0.244 e. The lowest BCUT2D eigenvalue weighted by Gasteiger charge is -2.35. The molecule has 2 unspecified atom stereocenters. The number of amides is 1. The first-order chi connectivity index (χ1) is 9.90. The van der Waals surface area contributed by atoms with E-state index in [4.69, 9.17) is 5.73 Å². The Hall–Kier alpha value is -1.39. The van der Waals surface area contributed by atoms with Crippen LogP contribution in [0, 0.1) is 5.92 Å². The van der Waals surface area contributed by atoms with Crippen molar-refractivity contribution in [3.8, 4) is 0 Å². The first-order valence-corrected chi connectivity index (χ1v) is 7.74. The van der Waals surface area contributed by atoms with E-state index < -0.39 is 5.54 Å². The van der Waals surface area contributed by atoms with Crippen LogP contribution in [0.3, 0.4) is 0 Å². The zero-order valence-corrected chi connectivity index (χ0v) is 13.4. The molecule has 0 aromatic heterocycles. The van der Waals surface area contributed by atoms with E-state index in [-0.39, 0.29) is 5.91 Å². The first-order valence-electron chi connectivity index (χ1n) is 7.74. The molecule has 0 heterocycles. The summed E-state index contributed by atoms with van der Waals surface area (Å²) in [4.78, 5) is 14.7. The van der Waals surface area contributed by atoms with Crippen molar-refractivity contribution in [2.75, 3.05) is 19.4 Å². The molecule has 0 spiro atoms. The zero-order chi connectivity index (χ0) is 15.5. The number of nitrogens with zero attached hydrogens (tertiary/aromatic N) is 1. The summed E-state index contributed by atoms with van der Waals surface area (Å²) in [6.45, 7) is 2.97. The van der Waals surface area contributed by atoms with Crippen LogP contribution in [0.4, 0.5) is 5.69 Å². The molecule has 1 saturated carbocycles. The SMILES string of the molecule is CC1CCCC(N)(C(=O)Nc2ccccc2CN(C)C)C1. The van der Waals surface area contributed by atoms with E-state index in [1.54, 1.807) is 0 Å². The summed E-state index contributed by atoms with van der Waals surface area (Å²) < 4.78 is 0. The fourth-order valence-corrected chi connectivity index (χ4v) is 3.17. The second-order valence-corrected chi connectivity index (χ2v) is 6.71. The van der Waals surface area contributed by atoms with Crippen LogP contribution < -0.4 is 11.1 Å². The second-order valence-electron chi connectivity index (χ2n) is 6.71. The molecule has 4 heteroatoms. The average Bonchev–Trinajstić information content (AvgIpc) is 2.40. The molecular weight excluding hydrogens is 262 g/mol. The minimum Gasteiger partial charge on any atom is -0.324 e. The molecule has 1 aliphatic carbocycles. The van der Waals surface area contributed by atoms with Gasteiger partial charge in [0.2, 0.25) is 5.91 Å². The third-order valence-corrected chi connectivity index (χ3v) is 4.24. The zero-order valence-electron chi connectivity index (χ0n) is 13.4. The second kappa shape index (κ2) is 6.58. The monoisotopic (exact) mass is 289 g/mol. The number of nitrogens with two attached hydrogens (primary N) is 1. The number of hydrogen-bond acceptors (Lipinski definition) is 3. The lowest BCUT2D eigenvalue weighted by Crippen LogP contribution is -2.53. The predicted molar refractivity (Wildman–Crippen MR) is 87.0 cm³/mol. The Bertz CT molecular complexity index is 501. The smallest absolute Gasteiger partial charge is 0.244 e. The quantitative estimate of drug-likeness (QED) is 0.895. The summed E-state index contributed by atoms with van der Waals surface area (Å²) in [6.07, 6.45) is 3.75. The summed E-state index contributed by atoms with van der Waals surface area (Å²) in [7, 11) is 4.04. The van der Waals surface area contributed by atoms with Crippen LogP contribution in [-0.2, 0) is 11.3 Å². The Kier molecular flexibility index (Phi) is 5.01. The highest BCUT2D eigenvalue weighted by Crippen LogP contribution is 2.31. The van der Waals surface area contributed by atoms with Crippen LogP contribution in [0.2, 0.25) is 0 Å². The molecule has 1 aliphatic rings. The van der Waals surface area contributed by atoms with Crippen molar-refractivity contribution in [3.05, 3.63) is 29.8 Å². The van der Waals surface area contributed by atoms with Gasteiger partial charge in [0, 0.05) is 12.2 Å². The van der Waals surface area contributed by atoms with Gasteiger partial charge in [0.15, 0.2) is 0 Å². The molecule has 0 radical (unpaired) electrons. The third-order valence-electron chi connectivity index (χ3n) is 4.24. The Morgan fingerprint density at radius 3 is 2.81 bits per heavy atom. The van der Waals surface area contributed by atoms with Crippen LogP contribution >= 0.6 is 0 Å². The topological polar surface area (TPSA) is 58.4 Å². The van der Waals surface area contributed by atoms with Crippen molar-refractivity contribution in [1.29, 1.82) is 0 Å². The van der Waals surface area contributed by atoms with Gasteiger partial charge in [-0.25, -0.2) is 0 Å². The summed E-state index contributed by atoms with van der Waals surface area (Å²) in [5.74, 6) is 0.478. The maximum atomic E-state index is 12.6. The van der Waals surface area contributed by atoms with E-state index in [0.29, 0.717) is 5.92 Å². The number of anilines is 1. The molecule has 21 heavy (non-hydrogen) atoms. The van der Waals surface area contributed by atoms with Gasteiger partial charge in [-0.05, 0) is 44.5 Å². The summed E-state index contributed by atoms with van der Waals surface area (Å²) >= 11 is 0. The van der Waals surface area contributed by atoms with Gasteiger partial charge < -0.3 is 16.0 Å². The van der Waals surface area contributed by atoms with Gasteiger partial charge in [0.1, 0.15) is 0 Å². The Balaban J connectivity index is 2.12. The van der Waals surface area contributed by atoms with Gasteiger partial charge >= 0.3 is 0 Å². The van der Waals surface area contributed by atoms with Crippen molar-refractivity contribution in [1.82, 2.24) is 4.90 Å². The van der Waals surface area contributed by atoms with Crippen molar-refractivity contribution >= 4 is 11.6 Å². The number of hydrogen-bond donors (Lipinski definition) is 2. The van der Waals surface area contributed by atoms with Gasteiger partial charge in [-0.1, -0.05) is 38.0 Å². The Morgan fingerprint density at radius 2 is 2.14 bits per heavy atom. The molecule has 1 aromatic rings. The highest BCUT2D eigenvalue weighted by molar-refractivity contribution is 5.98. The molecule has 116 valence electrons. The fraction of sp³-hybridized carbons (Fsp3) is 0.588. The molecular formula is C17H27N3O. The summed E-state index contributed by atoms with van der Waals surface area (Å²) in [5, 5.41) is 3.06. The summed E-state index contributed by atoms with van der Waals surface area (Å²) in [6, 6.07) is 7.94. The molecule has 3 N–H and O–H groups in total. The highest BCUT2D eigenvalue weighted by Gasteiger charge is 2.38. The minimum atomic E-state index is -0.719. The first kappa shape index (κ1) is 16.0. The molecule has 0 saturated heterocycles. The number of para-hydroxylation sites is 1. The predicted octanol–water partition coefficient (Wildman–Crippen LogP) is 2.59. The highest BCUT2D eigenvalue weighted by atomic mass is 16.2. The van der Waals surface area contributed by atoms with Crippen molar-refractivity contribution < 1.29 is 4.79 Å². The average molecular weight is 289 g/mol. The van der Waals surface area contributed by atoms with Crippen LogP contribution in [0.1, 0.15) is 38.2 Å². The Labute approximate surface area is 127 Å². The molecule has 2 rings (SSSR count). The van der Waals surface area contributed by atoms with Gasteiger partial charge in [-0.3, -0.25) is 4.79 Å². The Morgan fingerprint density at radius 1 is 1.43 bits per heavy atom. The van der Waals surface area contributed by atoms with E-state index in [2.05, 4.69) is 17.1 Å². The van der Waals surface area contributed by atoms with E-state index >= 15 is 0 Å². The summed E-state index contributed by atoms with van der Waals surface area (Å²) in [5.41, 5.74) is 7.64. The van der Waals surface area contributed by atoms with E-state index in [1.807, 2.05) is 38.4 Å². The van der Waals surface area contributed by atoms with E-state index in [1.165, 1.54) is 6.42 Å². The molecule has 1 amide bonds. The number of nitrogens with one attached hydrogen (secondary N) is 1. The number of rotatable bonds is 4. The van der Waals surface area contributed by atoms with Gasteiger partial charge in [-0.2, -0.15) is 0 Å². The van der Waals surface area contributed by atoms with Crippen molar-refractivity contribution in [2.24, 2.45) is 11.7 Å². The molecule has 4 nitrogen and oxygen atoms in total. The molecule has 0 bridgehead atoms.